The lowest BCUT2D eigenvalue weighted by Gasteiger charge is -2.44. The van der Waals surface area contributed by atoms with E-state index < -0.39 is 0 Å². The summed E-state index contributed by atoms with van der Waals surface area (Å²) in [4.78, 5) is 33.3. The number of rotatable bonds is 4. The number of carbonyl (C=O) groups is 2. The maximum Gasteiger partial charge on any atom is 0.290 e. The molecule has 3 heterocycles. The van der Waals surface area contributed by atoms with E-state index in [0.717, 1.165) is 70.2 Å². The van der Waals surface area contributed by atoms with Gasteiger partial charge in [-0.05, 0) is 37.8 Å². The lowest BCUT2D eigenvalue weighted by Crippen LogP contribution is -2.55. The normalized spacial score (nSPS) is 28.2. The summed E-state index contributed by atoms with van der Waals surface area (Å²) in [5, 5.41) is 24.6. The average molecular weight is 466 g/mol. The summed E-state index contributed by atoms with van der Waals surface area (Å²) in [6.07, 6.45) is 3.83. The van der Waals surface area contributed by atoms with E-state index in [-0.39, 0.29) is 19.0 Å². The van der Waals surface area contributed by atoms with Gasteiger partial charge in [0.25, 0.3) is 12.9 Å². The van der Waals surface area contributed by atoms with E-state index in [2.05, 4.69) is 46.6 Å². The molecule has 186 valence electrons. The van der Waals surface area contributed by atoms with Gasteiger partial charge in [0.15, 0.2) is 0 Å². The Hall–Kier alpha value is -2.14. The van der Waals surface area contributed by atoms with Gasteiger partial charge in [0.05, 0.1) is 11.8 Å². The molecule has 10 nitrogen and oxygen atoms in total. The van der Waals surface area contributed by atoms with Gasteiger partial charge in [0.1, 0.15) is 5.82 Å². The lowest BCUT2D eigenvalue weighted by molar-refractivity contribution is -0.123. The number of hydrogen-bond donors (Lipinski definition) is 3. The van der Waals surface area contributed by atoms with E-state index in [1.54, 1.807) is 0 Å². The van der Waals surface area contributed by atoms with Crippen LogP contribution < -0.4 is 0 Å². The molecule has 0 spiro atoms. The lowest BCUT2D eigenvalue weighted by atomic mass is 9.77. The maximum atomic E-state index is 10.8. The minimum atomic E-state index is -0.250. The van der Waals surface area contributed by atoms with Crippen LogP contribution in [0.25, 0.3) is 0 Å². The third-order valence-electron chi connectivity index (χ3n) is 6.83. The summed E-state index contributed by atoms with van der Waals surface area (Å²) in [7, 11) is 2.19. The Kier molecular flexibility index (Phi) is 11.1. The Labute approximate surface area is 196 Å². The molecule has 0 aromatic carbocycles. The van der Waals surface area contributed by atoms with Gasteiger partial charge in [-0.15, -0.1) is 0 Å². The highest BCUT2D eigenvalue weighted by atomic mass is 16.3. The van der Waals surface area contributed by atoms with Crippen LogP contribution in [0.15, 0.2) is 12.3 Å². The third-order valence-corrected chi connectivity index (χ3v) is 6.83. The smallest absolute Gasteiger partial charge is 0.290 e. The first-order chi connectivity index (χ1) is 15.8. The molecule has 1 saturated carbocycles. The monoisotopic (exact) mass is 465 g/mol. The first kappa shape index (κ1) is 27.1. The molecule has 3 aliphatic rings. The zero-order chi connectivity index (χ0) is 24.4. The number of carboxylic acid groups (broad SMARTS) is 2. The molecule has 3 N–H and O–H groups in total. The predicted octanol–water partition coefficient (Wildman–Crippen LogP) is 0.820. The van der Waals surface area contributed by atoms with Crippen LogP contribution in [0, 0.1) is 11.8 Å². The first-order valence-corrected chi connectivity index (χ1v) is 11.6. The van der Waals surface area contributed by atoms with Crippen LogP contribution in [0.3, 0.4) is 0 Å². The molecule has 2 aliphatic heterocycles. The van der Waals surface area contributed by atoms with Gasteiger partial charge >= 0.3 is 0 Å². The van der Waals surface area contributed by atoms with E-state index in [4.69, 9.17) is 24.8 Å². The molecule has 33 heavy (non-hydrogen) atoms. The second kappa shape index (κ2) is 13.5. The van der Waals surface area contributed by atoms with E-state index in [1.807, 2.05) is 6.20 Å². The third kappa shape index (κ3) is 7.99. The molecule has 3 fully saturated rings. The Morgan fingerprint density at radius 2 is 1.64 bits per heavy atom. The van der Waals surface area contributed by atoms with Gasteiger partial charge in [-0.1, -0.05) is 13.8 Å². The van der Waals surface area contributed by atoms with Gasteiger partial charge in [-0.2, -0.15) is 0 Å². The second-order valence-corrected chi connectivity index (χ2v) is 9.43. The number of likely N-dealkylation sites (tertiary alicyclic amines) is 1. The van der Waals surface area contributed by atoms with E-state index in [1.165, 1.54) is 0 Å². The Morgan fingerprint density at radius 3 is 2.21 bits per heavy atom. The molecule has 4 atom stereocenters. The van der Waals surface area contributed by atoms with E-state index in [0.29, 0.717) is 23.8 Å². The van der Waals surface area contributed by atoms with E-state index in [9.17, 15) is 5.11 Å². The molecule has 2 saturated heterocycles. The minimum Gasteiger partial charge on any atom is -0.483 e. The summed E-state index contributed by atoms with van der Waals surface area (Å²) in [6, 6.07) is 2.40. The fourth-order valence-corrected chi connectivity index (χ4v) is 5.19. The van der Waals surface area contributed by atoms with E-state index >= 15 is 0 Å². The molecule has 0 radical (unpaired) electrons. The van der Waals surface area contributed by atoms with Crippen LogP contribution >= 0.6 is 0 Å². The van der Waals surface area contributed by atoms with Crippen molar-refractivity contribution >= 4 is 12.9 Å². The molecule has 1 aliphatic carbocycles. The standard InChI is InChI=1S/C21H35N5O.2CH2O2/c1-15(2)21-22-5-4-18(23-21)14-25-12-16-10-19(20(27)11-17(16)13-25)26-8-6-24(3)7-9-26;2*2-1-3/h4-5,15-17,19-20,27H,6-14H2,1-3H3;2*1H,(H,2,3)/t16-,17+,19-,20-;;/m1../s1. The summed E-state index contributed by atoms with van der Waals surface area (Å²) in [5.41, 5.74) is 1.13. The van der Waals surface area contributed by atoms with Crippen LogP contribution in [-0.2, 0) is 16.1 Å². The number of likely N-dealkylation sites (N-methyl/N-ethyl adjacent to an activating group) is 1. The molecule has 10 heteroatoms. The van der Waals surface area contributed by atoms with Crippen molar-refractivity contribution in [3.05, 3.63) is 23.8 Å². The average Bonchev–Trinajstić information content (AvgIpc) is 3.16. The summed E-state index contributed by atoms with van der Waals surface area (Å²) in [5.74, 6) is 2.65. The molecule has 1 aromatic rings. The minimum absolute atomic E-state index is 0.166. The Morgan fingerprint density at radius 1 is 1.06 bits per heavy atom. The first-order valence-electron chi connectivity index (χ1n) is 11.6. The van der Waals surface area contributed by atoms with Crippen LogP contribution in [-0.4, -0.2) is 111 Å². The van der Waals surface area contributed by atoms with Crippen LogP contribution in [0.1, 0.15) is 44.1 Å². The highest BCUT2D eigenvalue weighted by Crippen LogP contribution is 2.38. The van der Waals surface area contributed by atoms with Crippen molar-refractivity contribution in [1.29, 1.82) is 0 Å². The van der Waals surface area contributed by atoms with Crippen LogP contribution in [0.2, 0.25) is 0 Å². The highest BCUT2D eigenvalue weighted by molar-refractivity contribution is 5.33. The SMILES string of the molecule is CC(C)c1nccc(CN2C[C@H]3C[C@@H](N4CCN(C)CC4)[C@H](O)C[C@H]3C2)n1.O=CO.O=CO. The number of aliphatic hydroxyl groups is 1. The summed E-state index contributed by atoms with van der Waals surface area (Å²) >= 11 is 0. The number of hydrogen-bond acceptors (Lipinski definition) is 8. The Bertz CT molecular complexity index is 723. The van der Waals surface area contributed by atoms with Gasteiger partial charge < -0.3 is 20.2 Å². The number of aliphatic hydroxyl groups excluding tert-OH is 1. The van der Waals surface area contributed by atoms with Gasteiger partial charge in [-0.3, -0.25) is 19.4 Å². The topological polar surface area (TPSA) is 130 Å². The Balaban J connectivity index is 0.000000582. The van der Waals surface area contributed by atoms with Crippen molar-refractivity contribution < 1.29 is 24.9 Å². The van der Waals surface area contributed by atoms with Crippen molar-refractivity contribution in [3.63, 3.8) is 0 Å². The quantitative estimate of drug-likeness (QED) is 0.549. The molecule has 0 unspecified atom stereocenters. The van der Waals surface area contributed by atoms with Crippen molar-refractivity contribution in [2.45, 2.75) is 51.3 Å². The fraction of sp³-hybridized carbons (Fsp3) is 0.739. The molecule has 4 rings (SSSR count). The largest absolute Gasteiger partial charge is 0.483 e. The van der Waals surface area contributed by atoms with Crippen LogP contribution in [0.4, 0.5) is 0 Å². The second-order valence-electron chi connectivity index (χ2n) is 9.43. The zero-order valence-electron chi connectivity index (χ0n) is 20.0. The zero-order valence-corrected chi connectivity index (χ0v) is 20.0. The number of fused-ring (bicyclic) bond motifs is 1. The fourth-order valence-electron chi connectivity index (χ4n) is 5.19. The van der Waals surface area contributed by atoms with Crippen molar-refractivity contribution in [3.8, 4) is 0 Å². The van der Waals surface area contributed by atoms with Crippen molar-refractivity contribution in [2.75, 3.05) is 46.3 Å². The van der Waals surface area contributed by atoms with Gasteiger partial charge in [0.2, 0.25) is 0 Å². The summed E-state index contributed by atoms with van der Waals surface area (Å²) < 4.78 is 0. The van der Waals surface area contributed by atoms with Crippen molar-refractivity contribution in [1.82, 2.24) is 24.7 Å². The number of piperazine rings is 1. The van der Waals surface area contributed by atoms with Crippen molar-refractivity contribution in [2.24, 2.45) is 11.8 Å². The van der Waals surface area contributed by atoms with Crippen LogP contribution in [0.5, 0.6) is 0 Å². The maximum absolute atomic E-state index is 10.8. The molecule has 0 bridgehead atoms. The molecular formula is C23H39N5O5. The predicted molar refractivity (Wildman–Crippen MR) is 124 cm³/mol. The molecule has 1 aromatic heterocycles. The highest BCUT2D eigenvalue weighted by Gasteiger charge is 2.43. The molecule has 0 amide bonds. The number of aromatic nitrogens is 2. The number of nitrogens with zero attached hydrogens (tertiary/aromatic N) is 5. The molecular weight excluding hydrogens is 426 g/mol. The van der Waals surface area contributed by atoms with Gasteiger partial charge in [0, 0.05) is 64.0 Å². The summed E-state index contributed by atoms with van der Waals surface area (Å²) in [6.45, 7) is 11.4. The van der Waals surface area contributed by atoms with Gasteiger partial charge in [-0.25, -0.2) is 9.97 Å².